The van der Waals surface area contributed by atoms with Gasteiger partial charge in [0.25, 0.3) is 5.91 Å². The summed E-state index contributed by atoms with van der Waals surface area (Å²) in [7, 11) is -4.05. The third-order valence-electron chi connectivity index (χ3n) is 3.15. The minimum absolute atomic E-state index is 0.0631. The van der Waals surface area contributed by atoms with Gasteiger partial charge in [-0.05, 0) is 48.6 Å². The van der Waals surface area contributed by atoms with Crippen LogP contribution >= 0.6 is 34.2 Å². The van der Waals surface area contributed by atoms with Crippen LogP contribution in [0.5, 0.6) is 0 Å². The lowest BCUT2D eigenvalue weighted by atomic mass is 10.1. The van der Waals surface area contributed by atoms with Crippen molar-refractivity contribution >= 4 is 55.8 Å². The highest BCUT2D eigenvalue weighted by atomic mass is 127. The summed E-state index contributed by atoms with van der Waals surface area (Å²) in [4.78, 5) is 11.4. The molecule has 1 aromatic rings. The number of carbonyl (C=O) groups is 1. The molecule has 0 aliphatic heterocycles. The normalized spacial score (nSPS) is 16.0. The Morgan fingerprint density at radius 1 is 1.38 bits per heavy atom. The van der Waals surface area contributed by atoms with Gasteiger partial charge in [-0.2, -0.15) is 13.2 Å². The van der Waals surface area contributed by atoms with Crippen LogP contribution in [0.1, 0.15) is 13.8 Å². The number of aliphatic hydroxyl groups excluding tert-OH is 1. The Morgan fingerprint density at radius 2 is 1.92 bits per heavy atom. The molecule has 0 spiro atoms. The Labute approximate surface area is 166 Å². The first kappa shape index (κ1) is 23.4. The minimum Gasteiger partial charge on any atom is -0.392 e. The van der Waals surface area contributed by atoms with Gasteiger partial charge >= 0.3 is 6.18 Å². The molecule has 0 fully saturated rings. The predicted molar refractivity (Wildman–Crippen MR) is 96.3 cm³/mol. The number of alkyl halides is 3. The zero-order valence-corrected chi connectivity index (χ0v) is 17.1. The number of rotatable bonds is 6. The number of carbonyl (C=O) groups excluding carboxylic acids is 1. The molecular formula is C13H15ClF3IN2O5S. The predicted octanol–water partition coefficient (Wildman–Crippen LogP) is 1.86. The van der Waals surface area contributed by atoms with Gasteiger partial charge in [0.1, 0.15) is 0 Å². The molecule has 4 N–H and O–H groups in total. The first-order valence-electron chi connectivity index (χ1n) is 6.87. The summed E-state index contributed by atoms with van der Waals surface area (Å²) in [5.74, 6) is -1.77. The molecule has 0 aliphatic rings. The standard InChI is InChI=1S/C13H15ClF3IN2O5S/c1-6(21)5-19-26(24,25)8-4-3-7(9(14)10(8)18)20-11(22)12(2,23)13(15,16)17/h3-4,6,19,21,23H,5H2,1-2H3,(H,20,22). The zero-order chi connectivity index (χ0) is 20.5. The number of aliphatic hydroxyl groups is 2. The first-order valence-corrected chi connectivity index (χ1v) is 9.81. The van der Waals surface area contributed by atoms with E-state index in [-0.39, 0.29) is 32.6 Å². The largest absolute Gasteiger partial charge is 0.426 e. The van der Waals surface area contributed by atoms with E-state index in [2.05, 4.69) is 4.72 Å². The van der Waals surface area contributed by atoms with Gasteiger partial charge in [0.05, 0.1) is 25.3 Å². The second-order valence-electron chi connectivity index (χ2n) is 5.46. The lowest BCUT2D eigenvalue weighted by Crippen LogP contribution is -2.52. The van der Waals surface area contributed by atoms with Gasteiger partial charge in [0.15, 0.2) is 0 Å². The van der Waals surface area contributed by atoms with E-state index in [1.165, 1.54) is 6.92 Å². The molecule has 0 radical (unpaired) electrons. The molecule has 0 aromatic heterocycles. The van der Waals surface area contributed by atoms with Crippen molar-refractivity contribution in [2.75, 3.05) is 11.9 Å². The summed E-state index contributed by atoms with van der Waals surface area (Å²) in [6, 6.07) is 2.02. The molecule has 0 bridgehead atoms. The SMILES string of the molecule is CC(O)CNS(=O)(=O)c1ccc(NC(=O)C(C)(O)C(F)(F)F)c(Cl)c1I. The summed E-state index contributed by atoms with van der Waals surface area (Å²) in [5, 5.41) is 20.0. The average Bonchev–Trinajstić information content (AvgIpc) is 2.48. The van der Waals surface area contributed by atoms with E-state index in [0.717, 1.165) is 12.1 Å². The topological polar surface area (TPSA) is 116 Å². The van der Waals surface area contributed by atoms with Gasteiger partial charge in [-0.1, -0.05) is 11.6 Å². The fraction of sp³-hybridized carbons (Fsp3) is 0.462. The number of sulfonamides is 1. The average molecular weight is 531 g/mol. The number of amides is 1. The first-order chi connectivity index (χ1) is 11.6. The quantitative estimate of drug-likeness (QED) is 0.419. The summed E-state index contributed by atoms with van der Waals surface area (Å²) in [5.41, 5.74) is -3.97. The molecule has 0 aliphatic carbocycles. The third kappa shape index (κ3) is 5.19. The van der Waals surface area contributed by atoms with Gasteiger partial charge in [-0.15, -0.1) is 0 Å². The smallest absolute Gasteiger partial charge is 0.392 e. The van der Waals surface area contributed by atoms with Gasteiger partial charge in [-0.25, -0.2) is 13.1 Å². The van der Waals surface area contributed by atoms with Crippen molar-refractivity contribution in [1.29, 1.82) is 0 Å². The molecule has 13 heteroatoms. The highest BCUT2D eigenvalue weighted by Crippen LogP contribution is 2.35. The van der Waals surface area contributed by atoms with Crippen LogP contribution in [0.3, 0.4) is 0 Å². The van der Waals surface area contributed by atoms with Crippen LogP contribution in [0.2, 0.25) is 5.02 Å². The molecular weight excluding hydrogens is 516 g/mol. The molecule has 0 saturated heterocycles. The van der Waals surface area contributed by atoms with Crippen molar-refractivity contribution in [1.82, 2.24) is 4.72 Å². The van der Waals surface area contributed by atoms with E-state index >= 15 is 0 Å². The van der Waals surface area contributed by atoms with Gasteiger partial charge in [0.2, 0.25) is 15.6 Å². The molecule has 1 amide bonds. The molecule has 0 saturated carbocycles. The van der Waals surface area contributed by atoms with Crippen molar-refractivity contribution in [2.45, 2.75) is 36.6 Å². The van der Waals surface area contributed by atoms with Crippen molar-refractivity contribution in [3.63, 3.8) is 0 Å². The molecule has 0 heterocycles. The Bertz CT molecular complexity index is 800. The molecule has 1 rings (SSSR count). The van der Waals surface area contributed by atoms with Crippen LogP contribution in [-0.2, 0) is 14.8 Å². The summed E-state index contributed by atoms with van der Waals surface area (Å²) < 4.78 is 64.5. The van der Waals surface area contributed by atoms with E-state index in [1.54, 1.807) is 22.6 Å². The van der Waals surface area contributed by atoms with E-state index in [0.29, 0.717) is 0 Å². The number of hydrogen-bond acceptors (Lipinski definition) is 5. The minimum atomic E-state index is -5.22. The number of nitrogens with one attached hydrogen (secondary N) is 2. The number of anilines is 1. The summed E-state index contributed by atoms with van der Waals surface area (Å²) >= 11 is 7.50. The van der Waals surface area contributed by atoms with E-state index in [4.69, 9.17) is 16.7 Å². The van der Waals surface area contributed by atoms with Gasteiger partial charge in [-0.3, -0.25) is 4.79 Å². The van der Waals surface area contributed by atoms with Gasteiger partial charge in [0, 0.05) is 6.54 Å². The molecule has 148 valence electrons. The third-order valence-corrected chi connectivity index (χ3v) is 6.81. The molecule has 2 unspecified atom stereocenters. The Morgan fingerprint density at radius 3 is 2.38 bits per heavy atom. The Kier molecular flexibility index (Phi) is 7.32. The number of halogens is 5. The van der Waals surface area contributed by atoms with Crippen LogP contribution in [0.4, 0.5) is 18.9 Å². The maximum absolute atomic E-state index is 12.7. The van der Waals surface area contributed by atoms with Crippen molar-refractivity contribution in [3.05, 3.63) is 20.7 Å². The second kappa shape index (κ2) is 8.14. The molecule has 7 nitrogen and oxygen atoms in total. The fourth-order valence-electron chi connectivity index (χ4n) is 1.52. The summed E-state index contributed by atoms with van der Waals surface area (Å²) in [6.07, 6.45) is -6.16. The van der Waals surface area contributed by atoms with Crippen LogP contribution in [0.25, 0.3) is 0 Å². The lowest BCUT2D eigenvalue weighted by Gasteiger charge is -2.25. The monoisotopic (exact) mass is 530 g/mol. The molecule has 26 heavy (non-hydrogen) atoms. The van der Waals surface area contributed by atoms with Crippen molar-refractivity contribution in [3.8, 4) is 0 Å². The fourth-order valence-corrected chi connectivity index (χ4v) is 4.33. The van der Waals surface area contributed by atoms with Crippen LogP contribution < -0.4 is 10.0 Å². The molecule has 2 atom stereocenters. The van der Waals surface area contributed by atoms with E-state index < -0.39 is 33.8 Å². The van der Waals surface area contributed by atoms with E-state index in [9.17, 15) is 31.5 Å². The zero-order valence-electron chi connectivity index (χ0n) is 13.4. The van der Waals surface area contributed by atoms with Crippen LogP contribution in [-0.4, -0.2) is 49.0 Å². The second-order valence-corrected chi connectivity index (χ2v) is 8.66. The van der Waals surface area contributed by atoms with Gasteiger partial charge < -0.3 is 15.5 Å². The van der Waals surface area contributed by atoms with Crippen LogP contribution in [0.15, 0.2) is 17.0 Å². The van der Waals surface area contributed by atoms with Crippen LogP contribution in [0, 0.1) is 3.57 Å². The summed E-state index contributed by atoms with van der Waals surface area (Å²) in [6.45, 7) is 1.38. The maximum atomic E-state index is 12.7. The Hall–Kier alpha value is -0.670. The molecule has 1 aromatic carbocycles. The number of hydrogen-bond donors (Lipinski definition) is 4. The Balaban J connectivity index is 3.17. The van der Waals surface area contributed by atoms with Crippen molar-refractivity contribution in [2.24, 2.45) is 0 Å². The highest BCUT2D eigenvalue weighted by Gasteiger charge is 2.55. The number of benzene rings is 1. The van der Waals surface area contributed by atoms with Crippen molar-refractivity contribution < 1.29 is 36.6 Å². The maximum Gasteiger partial charge on any atom is 0.426 e. The van der Waals surface area contributed by atoms with E-state index in [1.807, 2.05) is 5.32 Å². The highest BCUT2D eigenvalue weighted by molar-refractivity contribution is 14.1. The lowest BCUT2D eigenvalue weighted by molar-refractivity contribution is -0.242.